The quantitative estimate of drug-likeness (QED) is 0.807. The molecule has 0 radical (unpaired) electrons. The Kier molecular flexibility index (Phi) is 6.24. The Labute approximate surface area is 136 Å². The molecule has 1 fully saturated rings. The van der Waals surface area contributed by atoms with Gasteiger partial charge in [-0.15, -0.1) is 0 Å². The Hall–Kier alpha value is -0.870. The van der Waals surface area contributed by atoms with E-state index in [1.165, 1.54) is 6.54 Å². The first kappa shape index (κ1) is 16.5. The number of piperidine rings is 1. The van der Waals surface area contributed by atoms with Crippen molar-refractivity contribution < 1.29 is 4.79 Å². The Morgan fingerprint density at radius 3 is 2.29 bits per heavy atom. The second kappa shape index (κ2) is 7.95. The molecule has 0 atom stereocenters. The fourth-order valence-electron chi connectivity index (χ4n) is 2.94. The van der Waals surface area contributed by atoms with Crippen molar-refractivity contribution in [2.45, 2.75) is 26.7 Å². The largest absolute Gasteiger partial charge is 0.339 e. The highest BCUT2D eigenvalue weighted by Gasteiger charge is 2.24. The molecule has 1 saturated heterocycles. The van der Waals surface area contributed by atoms with E-state index < -0.39 is 0 Å². The molecule has 21 heavy (non-hydrogen) atoms. The van der Waals surface area contributed by atoms with Crippen molar-refractivity contribution in [2.24, 2.45) is 5.92 Å². The number of carbonyl (C=O) groups is 1. The van der Waals surface area contributed by atoms with Gasteiger partial charge >= 0.3 is 0 Å². The van der Waals surface area contributed by atoms with Crippen LogP contribution in [0.2, 0.25) is 0 Å². The SMILES string of the molecule is CCN(CC)CC1CCN(C(=O)c2ccc(Br)cc2)CC1. The summed E-state index contributed by atoms with van der Waals surface area (Å²) in [7, 11) is 0. The minimum atomic E-state index is 0.170. The summed E-state index contributed by atoms with van der Waals surface area (Å²) in [5.41, 5.74) is 0.792. The van der Waals surface area contributed by atoms with Crippen LogP contribution in [0.15, 0.2) is 28.7 Å². The molecule has 1 amide bonds. The van der Waals surface area contributed by atoms with Gasteiger partial charge in [-0.2, -0.15) is 0 Å². The summed E-state index contributed by atoms with van der Waals surface area (Å²) in [6, 6.07) is 7.66. The molecule has 2 rings (SSSR count). The van der Waals surface area contributed by atoms with Gasteiger partial charge in [-0.3, -0.25) is 4.79 Å². The van der Waals surface area contributed by atoms with E-state index in [4.69, 9.17) is 0 Å². The van der Waals surface area contributed by atoms with Gasteiger partial charge < -0.3 is 9.80 Å². The predicted molar refractivity (Wildman–Crippen MR) is 90.6 cm³/mol. The van der Waals surface area contributed by atoms with E-state index in [0.717, 1.165) is 55.0 Å². The number of nitrogens with zero attached hydrogens (tertiary/aromatic N) is 2. The average Bonchev–Trinajstić information content (AvgIpc) is 2.53. The second-order valence-corrected chi connectivity index (χ2v) is 6.64. The van der Waals surface area contributed by atoms with Gasteiger partial charge in [-0.25, -0.2) is 0 Å². The molecule has 0 saturated carbocycles. The standard InChI is InChI=1S/C17H25BrN2O/c1-3-19(4-2)13-14-9-11-20(12-10-14)17(21)15-5-7-16(18)8-6-15/h5-8,14H,3-4,9-13H2,1-2H3. The molecule has 4 heteroatoms. The molecule has 0 aliphatic carbocycles. The van der Waals surface area contributed by atoms with Gasteiger partial charge in [0.1, 0.15) is 0 Å². The summed E-state index contributed by atoms with van der Waals surface area (Å²) in [6.07, 6.45) is 2.25. The minimum Gasteiger partial charge on any atom is -0.339 e. The van der Waals surface area contributed by atoms with Crippen molar-refractivity contribution in [3.63, 3.8) is 0 Å². The molecular formula is C17H25BrN2O. The predicted octanol–water partition coefficient (Wildman–Crippen LogP) is 3.64. The van der Waals surface area contributed by atoms with Gasteiger partial charge in [0.2, 0.25) is 0 Å². The monoisotopic (exact) mass is 352 g/mol. The second-order valence-electron chi connectivity index (χ2n) is 5.73. The summed E-state index contributed by atoms with van der Waals surface area (Å²) >= 11 is 3.41. The van der Waals surface area contributed by atoms with Crippen molar-refractivity contribution in [2.75, 3.05) is 32.7 Å². The summed E-state index contributed by atoms with van der Waals surface area (Å²) in [4.78, 5) is 16.9. The van der Waals surface area contributed by atoms with Crippen LogP contribution in [0.3, 0.4) is 0 Å². The van der Waals surface area contributed by atoms with E-state index in [-0.39, 0.29) is 5.91 Å². The van der Waals surface area contributed by atoms with Crippen molar-refractivity contribution in [3.8, 4) is 0 Å². The molecule has 1 aliphatic heterocycles. The fraction of sp³-hybridized carbons (Fsp3) is 0.588. The van der Waals surface area contributed by atoms with Crippen LogP contribution in [0.5, 0.6) is 0 Å². The van der Waals surface area contributed by atoms with Gasteiger partial charge in [-0.05, 0) is 56.1 Å². The third-order valence-corrected chi connectivity index (χ3v) is 4.93. The number of carbonyl (C=O) groups excluding carboxylic acids is 1. The summed E-state index contributed by atoms with van der Waals surface area (Å²) in [6.45, 7) is 9.63. The van der Waals surface area contributed by atoms with Crippen LogP contribution < -0.4 is 0 Å². The van der Waals surface area contributed by atoms with Crippen LogP contribution in [0.1, 0.15) is 37.0 Å². The zero-order valence-electron chi connectivity index (χ0n) is 13.0. The number of rotatable bonds is 5. The zero-order valence-corrected chi connectivity index (χ0v) is 14.6. The Bertz CT molecular complexity index is 448. The summed E-state index contributed by atoms with van der Waals surface area (Å²) in [5.74, 6) is 0.905. The zero-order chi connectivity index (χ0) is 15.2. The van der Waals surface area contributed by atoms with E-state index in [9.17, 15) is 4.79 Å². The first-order valence-electron chi connectivity index (χ1n) is 7.91. The maximum Gasteiger partial charge on any atom is 0.253 e. The summed E-state index contributed by atoms with van der Waals surface area (Å²) in [5, 5.41) is 0. The molecule has 0 bridgehead atoms. The van der Waals surface area contributed by atoms with E-state index >= 15 is 0 Å². The highest BCUT2D eigenvalue weighted by Crippen LogP contribution is 2.21. The van der Waals surface area contributed by atoms with E-state index in [1.807, 2.05) is 29.2 Å². The van der Waals surface area contributed by atoms with Crippen LogP contribution in [-0.2, 0) is 0 Å². The molecule has 116 valence electrons. The first-order chi connectivity index (χ1) is 10.1. The average molecular weight is 353 g/mol. The van der Waals surface area contributed by atoms with Crippen LogP contribution in [0.4, 0.5) is 0 Å². The molecule has 3 nitrogen and oxygen atoms in total. The number of likely N-dealkylation sites (tertiary alicyclic amines) is 1. The van der Waals surface area contributed by atoms with Crippen molar-refractivity contribution >= 4 is 21.8 Å². The molecule has 1 aliphatic rings. The van der Waals surface area contributed by atoms with Crippen LogP contribution >= 0.6 is 15.9 Å². The number of halogens is 1. The Balaban J connectivity index is 1.86. The van der Waals surface area contributed by atoms with Gasteiger partial charge in [-0.1, -0.05) is 29.8 Å². The lowest BCUT2D eigenvalue weighted by Gasteiger charge is -2.34. The van der Waals surface area contributed by atoms with Gasteiger partial charge in [0.15, 0.2) is 0 Å². The van der Waals surface area contributed by atoms with E-state index in [0.29, 0.717) is 0 Å². The topological polar surface area (TPSA) is 23.6 Å². The van der Waals surface area contributed by atoms with Crippen molar-refractivity contribution in [1.82, 2.24) is 9.80 Å². The molecular weight excluding hydrogens is 328 g/mol. The first-order valence-corrected chi connectivity index (χ1v) is 8.70. The maximum absolute atomic E-state index is 12.5. The van der Waals surface area contributed by atoms with Crippen LogP contribution in [0, 0.1) is 5.92 Å². The van der Waals surface area contributed by atoms with Crippen LogP contribution in [0.25, 0.3) is 0 Å². The smallest absolute Gasteiger partial charge is 0.253 e. The number of amides is 1. The van der Waals surface area contributed by atoms with E-state index in [2.05, 4.69) is 34.7 Å². The molecule has 0 spiro atoms. The molecule has 0 N–H and O–H groups in total. The number of benzene rings is 1. The highest BCUT2D eigenvalue weighted by atomic mass is 79.9. The van der Waals surface area contributed by atoms with Crippen molar-refractivity contribution in [3.05, 3.63) is 34.3 Å². The molecule has 0 unspecified atom stereocenters. The molecule has 0 aromatic heterocycles. The van der Waals surface area contributed by atoms with Crippen LogP contribution in [-0.4, -0.2) is 48.4 Å². The number of hydrogen-bond donors (Lipinski definition) is 0. The van der Waals surface area contributed by atoms with Crippen molar-refractivity contribution in [1.29, 1.82) is 0 Å². The highest BCUT2D eigenvalue weighted by molar-refractivity contribution is 9.10. The maximum atomic E-state index is 12.5. The lowest BCUT2D eigenvalue weighted by molar-refractivity contribution is 0.0669. The third-order valence-electron chi connectivity index (χ3n) is 4.40. The van der Waals surface area contributed by atoms with Gasteiger partial charge in [0.25, 0.3) is 5.91 Å². The third kappa shape index (κ3) is 4.55. The van der Waals surface area contributed by atoms with E-state index in [1.54, 1.807) is 0 Å². The molecule has 1 heterocycles. The molecule has 1 aromatic carbocycles. The fourth-order valence-corrected chi connectivity index (χ4v) is 3.20. The minimum absolute atomic E-state index is 0.170. The van der Waals surface area contributed by atoms with Gasteiger partial charge in [0.05, 0.1) is 0 Å². The number of hydrogen-bond acceptors (Lipinski definition) is 2. The Morgan fingerprint density at radius 2 is 1.76 bits per heavy atom. The summed E-state index contributed by atoms with van der Waals surface area (Å²) < 4.78 is 1.01. The lowest BCUT2D eigenvalue weighted by Crippen LogP contribution is -2.41. The van der Waals surface area contributed by atoms with Gasteiger partial charge in [0, 0.05) is 29.7 Å². The normalized spacial score (nSPS) is 16.5. The Morgan fingerprint density at radius 1 is 1.19 bits per heavy atom. The lowest BCUT2D eigenvalue weighted by atomic mass is 9.95. The molecule has 1 aromatic rings.